The van der Waals surface area contributed by atoms with E-state index in [2.05, 4.69) is 27.7 Å². The smallest absolute Gasteiger partial charge is 0.305 e. The highest BCUT2D eigenvalue weighted by Crippen LogP contribution is 2.21. The van der Waals surface area contributed by atoms with Gasteiger partial charge in [0.2, 0.25) is 0 Å². The number of unbranched alkanes of at least 4 members (excludes halogenated alkanes) is 7. The summed E-state index contributed by atoms with van der Waals surface area (Å²) in [6.45, 7) is 9.68. The van der Waals surface area contributed by atoms with Crippen molar-refractivity contribution in [1.82, 2.24) is 0 Å². The van der Waals surface area contributed by atoms with Gasteiger partial charge < -0.3 is 4.74 Å². The van der Waals surface area contributed by atoms with Crippen LogP contribution in [0, 0.1) is 11.8 Å². The fraction of sp³-hybridized carbons (Fsp3) is 0.955. The molecule has 2 nitrogen and oxygen atoms in total. The first-order chi connectivity index (χ1) is 11.6. The van der Waals surface area contributed by atoms with Crippen molar-refractivity contribution in [2.75, 3.05) is 6.61 Å². The van der Waals surface area contributed by atoms with Crippen LogP contribution in [0.5, 0.6) is 0 Å². The van der Waals surface area contributed by atoms with Gasteiger partial charge in [-0.1, -0.05) is 91.9 Å². The molecule has 0 aromatic carbocycles. The Labute approximate surface area is 152 Å². The molecule has 0 saturated carbocycles. The van der Waals surface area contributed by atoms with Gasteiger partial charge in [-0.3, -0.25) is 4.79 Å². The molecule has 0 aliphatic heterocycles. The van der Waals surface area contributed by atoms with E-state index in [0.717, 1.165) is 12.3 Å². The van der Waals surface area contributed by atoms with Gasteiger partial charge in [0.05, 0.1) is 6.61 Å². The van der Waals surface area contributed by atoms with Gasteiger partial charge in [0.25, 0.3) is 0 Å². The summed E-state index contributed by atoms with van der Waals surface area (Å²) in [7, 11) is 0. The quantitative estimate of drug-likeness (QED) is 0.205. The van der Waals surface area contributed by atoms with E-state index in [1.807, 2.05) is 0 Å². The van der Waals surface area contributed by atoms with Gasteiger partial charge >= 0.3 is 5.97 Å². The number of hydrogen-bond acceptors (Lipinski definition) is 2. The molecule has 0 aliphatic rings. The average molecular weight is 341 g/mol. The monoisotopic (exact) mass is 340 g/mol. The SMILES string of the molecule is CCCCCCCCCCC(=O)OCC(CCC)CC(C)CCC. The van der Waals surface area contributed by atoms with Crippen LogP contribution in [0.25, 0.3) is 0 Å². The molecule has 0 aromatic rings. The normalized spacial score (nSPS) is 13.7. The van der Waals surface area contributed by atoms with Crippen LogP contribution in [0.1, 0.15) is 118 Å². The predicted octanol–water partition coefficient (Wildman–Crippen LogP) is 7.30. The Bertz CT molecular complexity index is 275. The summed E-state index contributed by atoms with van der Waals surface area (Å²) in [5, 5.41) is 0. The predicted molar refractivity (Wildman–Crippen MR) is 105 cm³/mol. The molecule has 0 rings (SSSR count). The third-order valence-corrected chi connectivity index (χ3v) is 4.93. The zero-order chi connectivity index (χ0) is 18.0. The molecule has 0 amide bonds. The van der Waals surface area contributed by atoms with Crippen LogP contribution in [0.15, 0.2) is 0 Å². The molecule has 0 aliphatic carbocycles. The molecule has 0 bridgehead atoms. The molecule has 2 unspecified atom stereocenters. The van der Waals surface area contributed by atoms with Gasteiger partial charge in [0.1, 0.15) is 0 Å². The minimum atomic E-state index is 0.0187. The van der Waals surface area contributed by atoms with Crippen molar-refractivity contribution in [2.45, 2.75) is 118 Å². The van der Waals surface area contributed by atoms with E-state index in [1.54, 1.807) is 0 Å². The van der Waals surface area contributed by atoms with E-state index in [-0.39, 0.29) is 5.97 Å². The molecule has 0 saturated heterocycles. The lowest BCUT2D eigenvalue weighted by molar-refractivity contribution is -0.145. The Hall–Kier alpha value is -0.530. The third kappa shape index (κ3) is 15.0. The van der Waals surface area contributed by atoms with E-state index in [0.29, 0.717) is 18.9 Å². The summed E-state index contributed by atoms with van der Waals surface area (Å²) in [6, 6.07) is 0. The van der Waals surface area contributed by atoms with Gasteiger partial charge in [0.15, 0.2) is 0 Å². The van der Waals surface area contributed by atoms with Crippen LogP contribution in [-0.2, 0) is 9.53 Å². The summed E-state index contributed by atoms with van der Waals surface area (Å²) in [6.07, 6.45) is 16.9. The van der Waals surface area contributed by atoms with Crippen molar-refractivity contribution in [3.8, 4) is 0 Å². The fourth-order valence-electron chi connectivity index (χ4n) is 3.54. The summed E-state index contributed by atoms with van der Waals surface area (Å²) >= 11 is 0. The van der Waals surface area contributed by atoms with Crippen molar-refractivity contribution < 1.29 is 9.53 Å². The molecular weight excluding hydrogens is 296 g/mol. The van der Waals surface area contributed by atoms with Gasteiger partial charge in [-0.2, -0.15) is 0 Å². The van der Waals surface area contributed by atoms with Crippen LogP contribution in [0.4, 0.5) is 0 Å². The Morgan fingerprint density at radius 1 is 0.792 bits per heavy atom. The van der Waals surface area contributed by atoms with E-state index in [9.17, 15) is 4.79 Å². The molecule has 24 heavy (non-hydrogen) atoms. The number of esters is 1. The molecule has 2 heteroatoms. The number of ether oxygens (including phenoxy) is 1. The second kappa shape index (κ2) is 17.3. The average Bonchev–Trinajstić information content (AvgIpc) is 2.55. The molecule has 144 valence electrons. The molecule has 0 aromatic heterocycles. The van der Waals surface area contributed by atoms with Crippen molar-refractivity contribution in [3.63, 3.8) is 0 Å². The van der Waals surface area contributed by atoms with Crippen molar-refractivity contribution in [3.05, 3.63) is 0 Å². The third-order valence-electron chi connectivity index (χ3n) is 4.93. The lowest BCUT2D eigenvalue weighted by atomic mass is 9.90. The van der Waals surface area contributed by atoms with E-state index >= 15 is 0 Å². The number of hydrogen-bond donors (Lipinski definition) is 0. The van der Waals surface area contributed by atoms with E-state index in [1.165, 1.54) is 77.0 Å². The topological polar surface area (TPSA) is 26.3 Å². The number of carbonyl (C=O) groups is 1. The zero-order valence-corrected chi connectivity index (χ0v) is 17.1. The molecule has 0 spiro atoms. The first-order valence-electron chi connectivity index (χ1n) is 10.8. The zero-order valence-electron chi connectivity index (χ0n) is 17.1. The standard InChI is InChI=1S/C22H44O2/c1-5-8-9-10-11-12-13-14-17-22(23)24-19-21(16-7-3)18-20(4)15-6-2/h20-21H,5-19H2,1-4H3. The summed E-state index contributed by atoms with van der Waals surface area (Å²) in [5.74, 6) is 1.32. The van der Waals surface area contributed by atoms with Gasteiger partial charge in [-0.05, 0) is 31.1 Å². The van der Waals surface area contributed by atoms with Gasteiger partial charge in [-0.15, -0.1) is 0 Å². The molecule has 0 N–H and O–H groups in total. The second-order valence-electron chi connectivity index (χ2n) is 7.69. The largest absolute Gasteiger partial charge is 0.465 e. The molecule has 0 heterocycles. The summed E-state index contributed by atoms with van der Waals surface area (Å²) in [5.41, 5.74) is 0. The lowest BCUT2D eigenvalue weighted by Crippen LogP contribution is -2.16. The van der Waals surface area contributed by atoms with Crippen LogP contribution >= 0.6 is 0 Å². The van der Waals surface area contributed by atoms with Crippen molar-refractivity contribution in [1.29, 1.82) is 0 Å². The molecule has 2 atom stereocenters. The second-order valence-corrected chi connectivity index (χ2v) is 7.69. The van der Waals surface area contributed by atoms with Gasteiger partial charge in [0, 0.05) is 6.42 Å². The maximum absolute atomic E-state index is 11.9. The Kier molecular flexibility index (Phi) is 16.9. The Morgan fingerprint density at radius 2 is 1.38 bits per heavy atom. The maximum atomic E-state index is 11.9. The highest BCUT2D eigenvalue weighted by atomic mass is 16.5. The number of rotatable bonds is 17. The molecular formula is C22H44O2. The van der Waals surface area contributed by atoms with Crippen LogP contribution in [0.3, 0.4) is 0 Å². The fourth-order valence-corrected chi connectivity index (χ4v) is 3.54. The summed E-state index contributed by atoms with van der Waals surface area (Å²) in [4.78, 5) is 11.9. The minimum Gasteiger partial charge on any atom is -0.465 e. The van der Waals surface area contributed by atoms with Gasteiger partial charge in [-0.25, -0.2) is 0 Å². The van der Waals surface area contributed by atoms with E-state index in [4.69, 9.17) is 4.74 Å². The first kappa shape index (κ1) is 23.5. The highest BCUT2D eigenvalue weighted by Gasteiger charge is 2.14. The Balaban J connectivity index is 3.69. The minimum absolute atomic E-state index is 0.0187. The van der Waals surface area contributed by atoms with Crippen molar-refractivity contribution in [2.24, 2.45) is 11.8 Å². The Morgan fingerprint density at radius 3 is 1.96 bits per heavy atom. The molecule has 0 radical (unpaired) electrons. The van der Waals surface area contributed by atoms with E-state index < -0.39 is 0 Å². The molecule has 0 fully saturated rings. The maximum Gasteiger partial charge on any atom is 0.305 e. The summed E-state index contributed by atoms with van der Waals surface area (Å²) < 4.78 is 5.56. The van der Waals surface area contributed by atoms with Crippen LogP contribution < -0.4 is 0 Å². The lowest BCUT2D eigenvalue weighted by Gasteiger charge is -2.20. The van der Waals surface area contributed by atoms with Crippen LogP contribution in [0.2, 0.25) is 0 Å². The van der Waals surface area contributed by atoms with Crippen LogP contribution in [-0.4, -0.2) is 12.6 Å². The first-order valence-corrected chi connectivity index (χ1v) is 10.8. The number of carbonyl (C=O) groups excluding carboxylic acids is 1. The highest BCUT2D eigenvalue weighted by molar-refractivity contribution is 5.69. The van der Waals surface area contributed by atoms with Crippen molar-refractivity contribution >= 4 is 5.97 Å².